The zero-order chi connectivity index (χ0) is 25.4. The molecular weight excluding hydrogens is 466 g/mol. The first-order valence-electron chi connectivity index (χ1n) is 13.0. The molecule has 0 amide bonds. The van der Waals surface area contributed by atoms with Crippen molar-refractivity contribution in [2.24, 2.45) is 0 Å². The topological polar surface area (TPSA) is 84.5 Å². The Morgan fingerprint density at radius 2 is 1.51 bits per heavy atom. The summed E-state index contributed by atoms with van der Waals surface area (Å²) in [7, 11) is 0. The zero-order valence-electron chi connectivity index (χ0n) is 20.6. The number of likely N-dealkylation sites (tertiary alicyclic amines) is 1. The Morgan fingerprint density at radius 3 is 2.22 bits per heavy atom. The average molecular weight is 496 g/mol. The van der Waals surface area contributed by atoms with Gasteiger partial charge in [0.25, 0.3) is 11.2 Å². The van der Waals surface area contributed by atoms with Crippen molar-refractivity contribution >= 4 is 22.1 Å². The average Bonchev–Trinajstić information content (AvgIpc) is 3.49. The van der Waals surface area contributed by atoms with E-state index in [1.165, 1.54) is 36.7 Å². The van der Waals surface area contributed by atoms with Crippen molar-refractivity contribution in [3.63, 3.8) is 0 Å². The van der Waals surface area contributed by atoms with Crippen LogP contribution >= 0.6 is 0 Å². The Hall–Kier alpha value is -4.04. The second-order valence-electron chi connectivity index (χ2n) is 9.87. The van der Waals surface area contributed by atoms with E-state index in [9.17, 15) is 14.9 Å². The molecular formula is C29H29N5O3. The Kier molecular flexibility index (Phi) is 6.18. The van der Waals surface area contributed by atoms with Gasteiger partial charge in [-0.15, -0.1) is 0 Å². The lowest BCUT2D eigenvalue weighted by atomic mass is 10.0. The fourth-order valence-corrected chi connectivity index (χ4v) is 5.79. The fourth-order valence-electron chi connectivity index (χ4n) is 5.79. The normalized spacial score (nSPS) is 16.9. The van der Waals surface area contributed by atoms with Gasteiger partial charge < -0.3 is 9.80 Å². The molecule has 2 aliphatic rings. The summed E-state index contributed by atoms with van der Waals surface area (Å²) >= 11 is 0. The minimum absolute atomic E-state index is 0.139. The van der Waals surface area contributed by atoms with Gasteiger partial charge in [-0.2, -0.15) is 9.78 Å². The largest absolute Gasteiger partial charge is 0.371 e. The summed E-state index contributed by atoms with van der Waals surface area (Å²) in [5, 5.41) is 17.9. The molecule has 0 unspecified atom stereocenters. The van der Waals surface area contributed by atoms with Crippen LogP contribution in [0.5, 0.6) is 0 Å². The second kappa shape index (κ2) is 9.78. The lowest BCUT2D eigenvalue weighted by molar-refractivity contribution is -0.384. The van der Waals surface area contributed by atoms with Crippen molar-refractivity contribution in [1.82, 2.24) is 14.7 Å². The summed E-state index contributed by atoms with van der Waals surface area (Å²) in [6, 6.07) is 22.6. The maximum absolute atomic E-state index is 13.6. The lowest BCUT2D eigenvalue weighted by Gasteiger charge is -2.37. The molecule has 2 fully saturated rings. The Morgan fingerprint density at radius 1 is 0.838 bits per heavy atom. The van der Waals surface area contributed by atoms with Gasteiger partial charge >= 0.3 is 0 Å². The number of anilines is 1. The van der Waals surface area contributed by atoms with Gasteiger partial charge in [0.15, 0.2) is 0 Å². The summed E-state index contributed by atoms with van der Waals surface area (Å²) in [6.07, 6.45) is 4.70. The van der Waals surface area contributed by atoms with Crippen LogP contribution in [0.3, 0.4) is 0 Å². The van der Waals surface area contributed by atoms with Gasteiger partial charge in [-0.05, 0) is 57.0 Å². The van der Waals surface area contributed by atoms with Crippen LogP contribution in [0.4, 0.5) is 11.4 Å². The van der Waals surface area contributed by atoms with Crippen LogP contribution in [0.15, 0.2) is 77.6 Å². The summed E-state index contributed by atoms with van der Waals surface area (Å²) in [5.41, 5.74) is 2.01. The first kappa shape index (κ1) is 23.4. The second-order valence-corrected chi connectivity index (χ2v) is 9.87. The molecule has 37 heavy (non-hydrogen) atoms. The molecule has 8 nitrogen and oxygen atoms in total. The van der Waals surface area contributed by atoms with Crippen molar-refractivity contribution in [2.45, 2.75) is 31.7 Å². The number of hydrogen-bond donors (Lipinski definition) is 0. The van der Waals surface area contributed by atoms with Gasteiger partial charge in [-0.1, -0.05) is 48.5 Å². The monoisotopic (exact) mass is 495 g/mol. The minimum atomic E-state index is -0.440. The number of piperidine rings is 1. The lowest BCUT2D eigenvalue weighted by Crippen LogP contribution is -2.43. The van der Waals surface area contributed by atoms with Gasteiger partial charge in [0.2, 0.25) is 0 Å². The summed E-state index contributed by atoms with van der Waals surface area (Å²) in [4.78, 5) is 30.1. The van der Waals surface area contributed by atoms with Gasteiger partial charge in [0, 0.05) is 41.8 Å². The third kappa shape index (κ3) is 4.38. The molecule has 1 aromatic heterocycles. The molecule has 0 atom stereocenters. The predicted molar refractivity (Wildman–Crippen MR) is 145 cm³/mol. The number of nitro groups is 1. The maximum Gasteiger partial charge on any atom is 0.295 e. The van der Waals surface area contributed by atoms with Crippen molar-refractivity contribution in [1.29, 1.82) is 0 Å². The number of fused-ring (bicyclic) bond motifs is 1. The van der Waals surface area contributed by atoms with E-state index in [2.05, 4.69) is 9.80 Å². The number of aromatic nitrogens is 2. The van der Waals surface area contributed by atoms with Crippen molar-refractivity contribution in [3.05, 3.63) is 93.3 Å². The van der Waals surface area contributed by atoms with Crippen LogP contribution in [0.2, 0.25) is 0 Å². The summed E-state index contributed by atoms with van der Waals surface area (Å²) in [5.74, 6) is 0. The molecule has 0 spiro atoms. The van der Waals surface area contributed by atoms with Gasteiger partial charge in [0.1, 0.15) is 5.69 Å². The van der Waals surface area contributed by atoms with E-state index in [1.54, 1.807) is 24.3 Å². The molecule has 0 aliphatic carbocycles. The first-order valence-corrected chi connectivity index (χ1v) is 13.0. The Labute approximate surface area is 214 Å². The number of rotatable bonds is 5. The van der Waals surface area contributed by atoms with Crippen LogP contribution in [-0.4, -0.2) is 51.8 Å². The maximum atomic E-state index is 13.6. The van der Waals surface area contributed by atoms with E-state index in [0.29, 0.717) is 17.1 Å². The highest BCUT2D eigenvalue weighted by Crippen LogP contribution is 2.32. The zero-order valence-corrected chi connectivity index (χ0v) is 20.6. The van der Waals surface area contributed by atoms with E-state index in [-0.39, 0.29) is 16.9 Å². The number of benzene rings is 3. The van der Waals surface area contributed by atoms with Crippen LogP contribution in [0.25, 0.3) is 27.7 Å². The molecule has 3 heterocycles. The van der Waals surface area contributed by atoms with Gasteiger partial charge in [-0.25, -0.2) is 0 Å². The van der Waals surface area contributed by atoms with E-state index >= 15 is 0 Å². The highest BCUT2D eigenvalue weighted by molar-refractivity contribution is 5.94. The number of nitro benzene ring substituents is 1. The molecule has 0 N–H and O–H groups in total. The van der Waals surface area contributed by atoms with Crippen molar-refractivity contribution in [2.75, 3.05) is 31.1 Å². The van der Waals surface area contributed by atoms with E-state index < -0.39 is 4.92 Å². The van der Waals surface area contributed by atoms with Crippen LogP contribution < -0.4 is 10.5 Å². The fraction of sp³-hybridized carbons (Fsp3) is 0.310. The van der Waals surface area contributed by atoms with Gasteiger partial charge in [-0.3, -0.25) is 14.9 Å². The third-order valence-corrected chi connectivity index (χ3v) is 7.72. The third-order valence-electron chi connectivity index (χ3n) is 7.72. The molecule has 0 bridgehead atoms. The molecule has 0 saturated carbocycles. The van der Waals surface area contributed by atoms with Crippen LogP contribution in [-0.2, 0) is 0 Å². The highest BCUT2D eigenvalue weighted by Gasteiger charge is 2.28. The molecule has 2 aliphatic heterocycles. The predicted octanol–water partition coefficient (Wildman–Crippen LogP) is 5.03. The first-order chi connectivity index (χ1) is 18.1. The summed E-state index contributed by atoms with van der Waals surface area (Å²) in [6.45, 7) is 4.14. The quantitative estimate of drug-likeness (QED) is 0.285. The Balaban J connectivity index is 1.44. The van der Waals surface area contributed by atoms with E-state index in [4.69, 9.17) is 5.10 Å². The van der Waals surface area contributed by atoms with Crippen LogP contribution in [0, 0.1) is 10.1 Å². The standard InChI is InChI=1S/C29H29N5O3/c35-29-25-11-5-4-10-24(25)28(21-8-2-1-3-9-21)30-33(29)27-20-23(12-13-26(27)34(36)37)32-18-14-22(15-19-32)31-16-6-7-17-31/h1-5,8-13,20,22H,6-7,14-19H2. The number of nitrogens with zero attached hydrogens (tertiary/aromatic N) is 5. The highest BCUT2D eigenvalue weighted by atomic mass is 16.6. The number of hydrogen-bond acceptors (Lipinski definition) is 6. The summed E-state index contributed by atoms with van der Waals surface area (Å²) < 4.78 is 1.21. The van der Waals surface area contributed by atoms with E-state index in [0.717, 1.165) is 42.6 Å². The van der Waals surface area contributed by atoms with Crippen LogP contribution in [0.1, 0.15) is 25.7 Å². The molecule has 3 aromatic carbocycles. The molecule has 188 valence electrons. The molecule has 2 saturated heterocycles. The molecule has 4 aromatic rings. The molecule has 6 rings (SSSR count). The van der Waals surface area contributed by atoms with E-state index in [1.807, 2.05) is 42.5 Å². The SMILES string of the molecule is O=c1c2ccccc2c(-c2ccccc2)nn1-c1cc(N2CCC(N3CCCC3)CC2)ccc1[N+](=O)[O-]. The molecule has 0 radical (unpaired) electrons. The van der Waals surface area contributed by atoms with Crippen molar-refractivity contribution < 1.29 is 4.92 Å². The molecule has 8 heteroatoms. The smallest absolute Gasteiger partial charge is 0.295 e. The Bertz CT molecular complexity index is 1500. The van der Waals surface area contributed by atoms with Crippen molar-refractivity contribution in [3.8, 4) is 16.9 Å². The van der Waals surface area contributed by atoms with Gasteiger partial charge in [0.05, 0.1) is 16.0 Å². The minimum Gasteiger partial charge on any atom is -0.371 e.